The summed E-state index contributed by atoms with van der Waals surface area (Å²) < 4.78 is 0. The molecule has 1 amide bonds. The van der Waals surface area contributed by atoms with Crippen molar-refractivity contribution in [2.45, 2.75) is 19.3 Å². The predicted molar refractivity (Wildman–Crippen MR) is 77.9 cm³/mol. The standard InChI is InChI=1S/C15H23N3O/c1-17(10-11-18-8-2-3-9-18)15(19)12-13-4-6-14(16)7-5-13/h4-7H,2-3,8-12,16H2,1H3. The highest BCUT2D eigenvalue weighted by Crippen LogP contribution is 2.09. The minimum Gasteiger partial charge on any atom is -0.399 e. The fourth-order valence-corrected chi connectivity index (χ4v) is 2.37. The van der Waals surface area contributed by atoms with Crippen LogP contribution in [-0.2, 0) is 11.2 Å². The van der Waals surface area contributed by atoms with Crippen LogP contribution in [-0.4, -0.2) is 48.9 Å². The number of carbonyl (C=O) groups excluding carboxylic acids is 1. The minimum atomic E-state index is 0.170. The van der Waals surface area contributed by atoms with Crippen molar-refractivity contribution in [3.05, 3.63) is 29.8 Å². The van der Waals surface area contributed by atoms with E-state index >= 15 is 0 Å². The van der Waals surface area contributed by atoms with Crippen LogP contribution in [0.1, 0.15) is 18.4 Å². The summed E-state index contributed by atoms with van der Waals surface area (Å²) in [7, 11) is 1.88. The fraction of sp³-hybridized carbons (Fsp3) is 0.533. The molecule has 1 aromatic rings. The van der Waals surface area contributed by atoms with Crippen molar-refractivity contribution in [3.63, 3.8) is 0 Å². The van der Waals surface area contributed by atoms with Crippen LogP contribution in [0.25, 0.3) is 0 Å². The minimum absolute atomic E-state index is 0.170. The number of nitrogens with zero attached hydrogens (tertiary/aromatic N) is 2. The van der Waals surface area contributed by atoms with Gasteiger partial charge in [-0.3, -0.25) is 4.79 Å². The summed E-state index contributed by atoms with van der Waals surface area (Å²) in [6.07, 6.45) is 3.04. The van der Waals surface area contributed by atoms with Crippen molar-refractivity contribution in [2.75, 3.05) is 39.0 Å². The Balaban J connectivity index is 1.76. The molecule has 104 valence electrons. The second-order valence-electron chi connectivity index (χ2n) is 5.28. The van der Waals surface area contributed by atoms with Crippen molar-refractivity contribution in [3.8, 4) is 0 Å². The molecular weight excluding hydrogens is 238 g/mol. The van der Waals surface area contributed by atoms with Gasteiger partial charge < -0.3 is 15.5 Å². The molecule has 0 bridgehead atoms. The van der Waals surface area contributed by atoms with E-state index in [9.17, 15) is 4.79 Å². The maximum absolute atomic E-state index is 12.1. The number of nitrogen functional groups attached to an aromatic ring is 1. The highest BCUT2D eigenvalue weighted by Gasteiger charge is 2.14. The summed E-state index contributed by atoms with van der Waals surface area (Å²) in [5, 5.41) is 0. The van der Waals surface area contributed by atoms with E-state index in [0.717, 1.165) is 24.3 Å². The third-order valence-electron chi connectivity index (χ3n) is 3.71. The van der Waals surface area contributed by atoms with Gasteiger partial charge in [-0.05, 0) is 43.6 Å². The van der Waals surface area contributed by atoms with Gasteiger partial charge in [0.05, 0.1) is 6.42 Å². The van der Waals surface area contributed by atoms with Gasteiger partial charge in [-0.25, -0.2) is 0 Å². The number of amides is 1. The largest absolute Gasteiger partial charge is 0.399 e. The maximum Gasteiger partial charge on any atom is 0.226 e. The number of hydrogen-bond donors (Lipinski definition) is 1. The third kappa shape index (κ3) is 4.24. The van der Waals surface area contributed by atoms with Gasteiger partial charge in [0.2, 0.25) is 5.91 Å². The van der Waals surface area contributed by atoms with Crippen LogP contribution in [0.4, 0.5) is 5.69 Å². The summed E-state index contributed by atoms with van der Waals surface area (Å²) in [5.74, 6) is 0.170. The number of carbonyl (C=O) groups is 1. The molecule has 0 aliphatic carbocycles. The number of anilines is 1. The number of benzene rings is 1. The topological polar surface area (TPSA) is 49.6 Å². The molecule has 1 saturated heterocycles. The van der Waals surface area contributed by atoms with Gasteiger partial charge in [0, 0.05) is 25.8 Å². The molecule has 2 N–H and O–H groups in total. The molecule has 0 spiro atoms. The van der Waals surface area contributed by atoms with Gasteiger partial charge in [-0.1, -0.05) is 12.1 Å². The van der Waals surface area contributed by atoms with Gasteiger partial charge in [0.1, 0.15) is 0 Å². The van der Waals surface area contributed by atoms with Gasteiger partial charge in [-0.15, -0.1) is 0 Å². The van der Waals surface area contributed by atoms with Crippen LogP contribution in [0.2, 0.25) is 0 Å². The van der Waals surface area contributed by atoms with Crippen LogP contribution >= 0.6 is 0 Å². The zero-order chi connectivity index (χ0) is 13.7. The molecule has 1 heterocycles. The summed E-state index contributed by atoms with van der Waals surface area (Å²) in [4.78, 5) is 16.3. The van der Waals surface area contributed by atoms with Crippen LogP contribution < -0.4 is 5.73 Å². The Morgan fingerprint density at radius 2 is 1.89 bits per heavy atom. The van der Waals surface area contributed by atoms with Crippen LogP contribution in [0.3, 0.4) is 0 Å². The van der Waals surface area contributed by atoms with Crippen molar-refractivity contribution in [1.82, 2.24) is 9.80 Å². The molecule has 2 rings (SSSR count). The number of likely N-dealkylation sites (tertiary alicyclic amines) is 1. The lowest BCUT2D eigenvalue weighted by Gasteiger charge is -2.21. The van der Waals surface area contributed by atoms with Gasteiger partial charge in [0.15, 0.2) is 0 Å². The van der Waals surface area contributed by atoms with Gasteiger partial charge in [-0.2, -0.15) is 0 Å². The van der Waals surface area contributed by atoms with E-state index in [1.54, 1.807) is 0 Å². The molecule has 1 fully saturated rings. The Labute approximate surface area is 115 Å². The molecule has 0 unspecified atom stereocenters. The number of rotatable bonds is 5. The van der Waals surface area contributed by atoms with Crippen LogP contribution in [0.5, 0.6) is 0 Å². The van der Waals surface area contributed by atoms with Gasteiger partial charge >= 0.3 is 0 Å². The number of likely N-dealkylation sites (N-methyl/N-ethyl adjacent to an activating group) is 1. The first-order valence-corrected chi connectivity index (χ1v) is 6.96. The Kier molecular flexibility index (Phi) is 4.80. The molecule has 1 aliphatic rings. The van der Waals surface area contributed by atoms with E-state index in [0.29, 0.717) is 6.42 Å². The summed E-state index contributed by atoms with van der Waals surface area (Å²) in [5.41, 5.74) is 7.39. The van der Waals surface area contributed by atoms with E-state index in [-0.39, 0.29) is 5.91 Å². The Morgan fingerprint density at radius 3 is 2.53 bits per heavy atom. The Bertz CT molecular complexity index is 410. The molecular formula is C15H23N3O. The zero-order valence-electron chi connectivity index (χ0n) is 11.6. The summed E-state index contributed by atoms with van der Waals surface area (Å²) >= 11 is 0. The highest BCUT2D eigenvalue weighted by atomic mass is 16.2. The molecule has 0 atom stereocenters. The summed E-state index contributed by atoms with van der Waals surface area (Å²) in [6.45, 7) is 4.16. The van der Waals surface area contributed by atoms with Crippen molar-refractivity contribution < 1.29 is 4.79 Å². The van der Waals surface area contributed by atoms with Crippen molar-refractivity contribution in [2.24, 2.45) is 0 Å². The lowest BCUT2D eigenvalue weighted by Crippen LogP contribution is -2.35. The highest BCUT2D eigenvalue weighted by molar-refractivity contribution is 5.78. The monoisotopic (exact) mass is 261 g/mol. The predicted octanol–water partition coefficient (Wildman–Crippen LogP) is 1.37. The SMILES string of the molecule is CN(CCN1CCCC1)C(=O)Cc1ccc(N)cc1. The van der Waals surface area contributed by atoms with Crippen molar-refractivity contribution in [1.29, 1.82) is 0 Å². The molecule has 4 nitrogen and oxygen atoms in total. The second kappa shape index (κ2) is 6.57. The quantitative estimate of drug-likeness (QED) is 0.814. The van der Waals surface area contributed by atoms with Crippen LogP contribution in [0.15, 0.2) is 24.3 Å². The molecule has 4 heteroatoms. The summed E-state index contributed by atoms with van der Waals surface area (Å²) in [6, 6.07) is 7.52. The van der Waals surface area contributed by atoms with E-state index in [1.807, 2.05) is 36.2 Å². The van der Waals surface area contributed by atoms with E-state index in [1.165, 1.54) is 25.9 Å². The lowest BCUT2D eigenvalue weighted by atomic mass is 10.1. The molecule has 19 heavy (non-hydrogen) atoms. The molecule has 0 aromatic heterocycles. The third-order valence-corrected chi connectivity index (χ3v) is 3.71. The average Bonchev–Trinajstić information content (AvgIpc) is 2.91. The smallest absolute Gasteiger partial charge is 0.226 e. The number of nitrogens with two attached hydrogens (primary N) is 1. The van der Waals surface area contributed by atoms with Gasteiger partial charge in [0.25, 0.3) is 0 Å². The normalized spacial score (nSPS) is 15.6. The first-order valence-electron chi connectivity index (χ1n) is 6.96. The Hall–Kier alpha value is -1.55. The van der Waals surface area contributed by atoms with E-state index in [4.69, 9.17) is 5.73 Å². The Morgan fingerprint density at radius 1 is 1.26 bits per heavy atom. The van der Waals surface area contributed by atoms with Crippen LogP contribution in [0, 0.1) is 0 Å². The fourth-order valence-electron chi connectivity index (χ4n) is 2.37. The zero-order valence-corrected chi connectivity index (χ0v) is 11.6. The molecule has 1 aromatic carbocycles. The second-order valence-corrected chi connectivity index (χ2v) is 5.28. The van der Waals surface area contributed by atoms with Crippen molar-refractivity contribution >= 4 is 11.6 Å². The number of hydrogen-bond acceptors (Lipinski definition) is 3. The lowest BCUT2D eigenvalue weighted by molar-refractivity contribution is -0.129. The van der Waals surface area contributed by atoms with E-state index < -0.39 is 0 Å². The average molecular weight is 261 g/mol. The molecule has 1 aliphatic heterocycles. The maximum atomic E-state index is 12.1. The van der Waals surface area contributed by atoms with E-state index in [2.05, 4.69) is 4.90 Å². The molecule has 0 saturated carbocycles. The molecule has 0 radical (unpaired) electrons. The first kappa shape index (κ1) is 13.9. The first-order chi connectivity index (χ1) is 9.15.